The molecule has 6 rings (SSSR count). The number of fused-ring (bicyclic) bond motifs is 1. The fourth-order valence-electron chi connectivity index (χ4n) is 5.36. The molecule has 9 heteroatoms. The number of benzene rings is 2. The number of hydrogen-bond acceptors (Lipinski definition) is 6. The van der Waals surface area contributed by atoms with E-state index in [0.717, 1.165) is 35.2 Å². The Kier molecular flexibility index (Phi) is 6.25. The lowest BCUT2D eigenvalue weighted by Gasteiger charge is -2.29. The number of carbonyl (C=O) groups is 1. The summed E-state index contributed by atoms with van der Waals surface area (Å²) in [5.41, 5.74) is 5.35. The number of likely N-dealkylation sites (tertiary alicyclic amines) is 1. The summed E-state index contributed by atoms with van der Waals surface area (Å²) in [6.45, 7) is 4.79. The molecule has 2 aliphatic heterocycles. The molecule has 1 N–H and O–H groups in total. The molecule has 0 aliphatic carbocycles. The van der Waals surface area contributed by atoms with E-state index in [9.17, 15) is 4.79 Å². The zero-order valence-electron chi connectivity index (χ0n) is 20.6. The Labute approximate surface area is 210 Å². The molecule has 0 bridgehead atoms. The predicted molar refractivity (Wildman–Crippen MR) is 137 cm³/mol. The van der Waals surface area contributed by atoms with Crippen LogP contribution in [-0.4, -0.2) is 87.3 Å². The van der Waals surface area contributed by atoms with Gasteiger partial charge in [0, 0.05) is 30.6 Å². The van der Waals surface area contributed by atoms with Gasteiger partial charge in [-0.15, -0.1) is 5.10 Å². The zero-order chi connectivity index (χ0) is 24.5. The first-order valence-electron chi connectivity index (χ1n) is 12.7. The van der Waals surface area contributed by atoms with Crippen molar-refractivity contribution >= 4 is 16.8 Å². The monoisotopic (exact) mass is 485 g/mol. The van der Waals surface area contributed by atoms with E-state index in [4.69, 9.17) is 4.74 Å². The topological polar surface area (TPSA) is 92.2 Å². The summed E-state index contributed by atoms with van der Waals surface area (Å²) in [4.78, 5) is 17.0. The second-order valence-electron chi connectivity index (χ2n) is 9.93. The van der Waals surface area contributed by atoms with Gasteiger partial charge in [-0.05, 0) is 80.7 Å². The van der Waals surface area contributed by atoms with Gasteiger partial charge in [0.2, 0.25) is 0 Å². The van der Waals surface area contributed by atoms with Crippen molar-refractivity contribution in [3.05, 3.63) is 59.8 Å². The van der Waals surface area contributed by atoms with E-state index >= 15 is 0 Å². The minimum absolute atomic E-state index is 0.0304. The molecule has 4 heterocycles. The number of H-pyrrole nitrogens is 1. The third-order valence-corrected chi connectivity index (χ3v) is 7.29. The number of nitrogens with zero attached hydrogens (tertiary/aromatic N) is 6. The molecule has 1 amide bonds. The van der Waals surface area contributed by atoms with Crippen LogP contribution in [0.25, 0.3) is 28.0 Å². The molecular formula is C27H31N7O2. The molecule has 2 fully saturated rings. The Hall–Kier alpha value is -3.56. The number of rotatable bonds is 5. The Balaban J connectivity index is 1.20. The highest BCUT2D eigenvalue weighted by molar-refractivity contribution is 5.94. The lowest BCUT2D eigenvalue weighted by atomic mass is 9.91. The lowest BCUT2D eigenvalue weighted by molar-refractivity contribution is 0.0303. The van der Waals surface area contributed by atoms with E-state index in [0.29, 0.717) is 43.5 Å². The molecule has 1 unspecified atom stereocenters. The summed E-state index contributed by atoms with van der Waals surface area (Å²) in [5.74, 6) is 0.721. The molecule has 2 aromatic heterocycles. The van der Waals surface area contributed by atoms with Crippen LogP contribution in [0.1, 0.15) is 28.8 Å². The quantitative estimate of drug-likeness (QED) is 0.467. The predicted octanol–water partition coefficient (Wildman–Crippen LogP) is 3.17. The number of nitrogens with one attached hydrogen (secondary N) is 1. The van der Waals surface area contributed by atoms with Crippen LogP contribution in [0, 0.1) is 5.92 Å². The SMILES string of the molecule is CN1CCCC(Cc2ccc3[nH]nc(-c4cn(-c5ccc(C(=O)N6CCOCC6)cc5)nn4)c3c2)C1. The van der Waals surface area contributed by atoms with Crippen molar-refractivity contribution in [3.8, 4) is 17.1 Å². The standard InChI is InChI=1S/C27H31N7O2/c1-32-10-2-3-20(17-32)15-19-4-9-24-23(16-19)26(30-28-24)25-18-34(31-29-25)22-7-5-21(6-8-22)27(35)33-11-13-36-14-12-33/h4-9,16,18,20H,2-3,10-15,17H2,1H3,(H,28,30). The average Bonchev–Trinajstić information content (AvgIpc) is 3.56. The van der Waals surface area contributed by atoms with Crippen LogP contribution in [0.3, 0.4) is 0 Å². The van der Waals surface area contributed by atoms with Crippen LogP contribution in [-0.2, 0) is 11.2 Å². The average molecular weight is 486 g/mol. The van der Waals surface area contributed by atoms with Gasteiger partial charge in [0.25, 0.3) is 5.91 Å². The number of ether oxygens (including phenoxy) is 1. The van der Waals surface area contributed by atoms with Crippen LogP contribution in [0.15, 0.2) is 48.7 Å². The number of carbonyl (C=O) groups excluding carboxylic acids is 1. The fraction of sp³-hybridized carbons (Fsp3) is 0.407. The van der Waals surface area contributed by atoms with Crippen molar-refractivity contribution < 1.29 is 9.53 Å². The van der Waals surface area contributed by atoms with E-state index in [-0.39, 0.29) is 5.91 Å². The van der Waals surface area contributed by atoms with Gasteiger partial charge >= 0.3 is 0 Å². The second-order valence-corrected chi connectivity index (χ2v) is 9.93. The number of aromatic nitrogens is 5. The Morgan fingerprint density at radius 3 is 2.75 bits per heavy atom. The lowest BCUT2D eigenvalue weighted by Crippen LogP contribution is -2.40. The minimum Gasteiger partial charge on any atom is -0.378 e. The van der Waals surface area contributed by atoms with Crippen LogP contribution >= 0.6 is 0 Å². The third-order valence-electron chi connectivity index (χ3n) is 7.29. The second kappa shape index (κ2) is 9.83. The summed E-state index contributed by atoms with van der Waals surface area (Å²) < 4.78 is 7.07. The first-order valence-corrected chi connectivity index (χ1v) is 12.7. The smallest absolute Gasteiger partial charge is 0.254 e. The van der Waals surface area contributed by atoms with Gasteiger partial charge in [-0.2, -0.15) is 5.10 Å². The molecule has 2 aliphatic rings. The first kappa shape index (κ1) is 22.9. The normalized spacial score (nSPS) is 19.1. The highest BCUT2D eigenvalue weighted by Crippen LogP contribution is 2.28. The molecule has 2 aromatic carbocycles. The third kappa shape index (κ3) is 4.64. The Morgan fingerprint density at radius 1 is 1.11 bits per heavy atom. The molecule has 0 spiro atoms. The summed E-state index contributed by atoms with van der Waals surface area (Å²) >= 11 is 0. The fourth-order valence-corrected chi connectivity index (χ4v) is 5.36. The summed E-state index contributed by atoms with van der Waals surface area (Å²) in [6.07, 6.45) is 5.52. The van der Waals surface area contributed by atoms with Crippen LogP contribution in [0.2, 0.25) is 0 Å². The molecule has 36 heavy (non-hydrogen) atoms. The maximum atomic E-state index is 12.7. The van der Waals surface area contributed by atoms with Crippen molar-refractivity contribution in [2.24, 2.45) is 5.92 Å². The summed E-state index contributed by atoms with van der Waals surface area (Å²) in [5, 5.41) is 17.5. The highest BCUT2D eigenvalue weighted by Gasteiger charge is 2.20. The van der Waals surface area contributed by atoms with Gasteiger partial charge in [0.15, 0.2) is 0 Å². The Bertz CT molecular complexity index is 1350. The van der Waals surface area contributed by atoms with Gasteiger partial charge < -0.3 is 14.5 Å². The van der Waals surface area contributed by atoms with E-state index in [1.807, 2.05) is 35.4 Å². The first-order chi connectivity index (χ1) is 17.6. The van der Waals surface area contributed by atoms with E-state index in [2.05, 4.69) is 50.7 Å². The molecule has 1 atom stereocenters. The van der Waals surface area contributed by atoms with E-state index in [1.165, 1.54) is 24.9 Å². The van der Waals surface area contributed by atoms with Crippen molar-refractivity contribution in [2.75, 3.05) is 46.4 Å². The summed E-state index contributed by atoms with van der Waals surface area (Å²) in [6, 6.07) is 14.0. The van der Waals surface area contributed by atoms with Gasteiger partial charge in [-0.25, -0.2) is 4.68 Å². The maximum Gasteiger partial charge on any atom is 0.254 e. The van der Waals surface area contributed by atoms with E-state index < -0.39 is 0 Å². The number of hydrogen-bond donors (Lipinski definition) is 1. The van der Waals surface area contributed by atoms with Crippen molar-refractivity contribution in [1.29, 1.82) is 0 Å². The molecule has 9 nitrogen and oxygen atoms in total. The van der Waals surface area contributed by atoms with Gasteiger partial charge in [-0.3, -0.25) is 9.89 Å². The van der Waals surface area contributed by atoms with Crippen molar-refractivity contribution in [3.63, 3.8) is 0 Å². The van der Waals surface area contributed by atoms with Gasteiger partial charge in [-0.1, -0.05) is 11.3 Å². The molecule has 0 radical (unpaired) electrons. The van der Waals surface area contributed by atoms with Crippen LogP contribution < -0.4 is 0 Å². The zero-order valence-corrected chi connectivity index (χ0v) is 20.6. The molecular weight excluding hydrogens is 454 g/mol. The molecule has 0 saturated carbocycles. The van der Waals surface area contributed by atoms with Crippen molar-refractivity contribution in [2.45, 2.75) is 19.3 Å². The highest BCUT2D eigenvalue weighted by atomic mass is 16.5. The van der Waals surface area contributed by atoms with Crippen molar-refractivity contribution in [1.82, 2.24) is 35.0 Å². The molecule has 4 aromatic rings. The summed E-state index contributed by atoms with van der Waals surface area (Å²) in [7, 11) is 2.21. The van der Waals surface area contributed by atoms with E-state index in [1.54, 1.807) is 4.68 Å². The molecule has 2 saturated heterocycles. The van der Waals surface area contributed by atoms with Gasteiger partial charge in [0.1, 0.15) is 11.4 Å². The number of piperidine rings is 1. The van der Waals surface area contributed by atoms with Gasteiger partial charge in [0.05, 0.1) is 30.6 Å². The number of morpholine rings is 1. The minimum atomic E-state index is 0.0304. The van der Waals surface area contributed by atoms with Crippen LogP contribution in [0.5, 0.6) is 0 Å². The number of amides is 1. The Morgan fingerprint density at radius 2 is 1.94 bits per heavy atom. The molecule has 186 valence electrons. The van der Waals surface area contributed by atoms with Crippen LogP contribution in [0.4, 0.5) is 0 Å². The maximum absolute atomic E-state index is 12.7. The largest absolute Gasteiger partial charge is 0.378 e. The number of aromatic amines is 1.